The van der Waals surface area contributed by atoms with Crippen molar-refractivity contribution in [1.29, 1.82) is 0 Å². The van der Waals surface area contributed by atoms with Gasteiger partial charge in [0.1, 0.15) is 5.60 Å². The first-order valence-corrected chi connectivity index (χ1v) is 6.71. The van der Waals surface area contributed by atoms with Crippen molar-refractivity contribution < 1.29 is 19.4 Å². The maximum Gasteiger partial charge on any atom is 0.410 e. The molecule has 1 fully saturated rings. The van der Waals surface area contributed by atoms with Crippen LogP contribution in [0.3, 0.4) is 0 Å². The number of carbonyl (C=O) groups is 1. The van der Waals surface area contributed by atoms with E-state index < -0.39 is 23.5 Å². The summed E-state index contributed by atoms with van der Waals surface area (Å²) in [6.45, 7) is 9.22. The zero-order chi connectivity index (χ0) is 14.4. The Hall–Kier alpha value is -1.07. The number of aliphatic hydroxyl groups is 1. The van der Waals surface area contributed by atoms with Crippen LogP contribution in [0.15, 0.2) is 12.2 Å². The minimum absolute atomic E-state index is 0.0160. The molecule has 2 rings (SSSR count). The average molecular weight is 269 g/mol. The van der Waals surface area contributed by atoms with Crippen molar-refractivity contribution in [3.8, 4) is 0 Å². The highest BCUT2D eigenvalue weighted by atomic mass is 16.6. The fourth-order valence-electron chi connectivity index (χ4n) is 2.63. The zero-order valence-electron chi connectivity index (χ0n) is 12.1. The van der Waals surface area contributed by atoms with Crippen molar-refractivity contribution >= 4 is 6.09 Å². The second-order valence-corrected chi connectivity index (χ2v) is 6.50. The molecule has 0 spiro atoms. The first kappa shape index (κ1) is 14.3. The fraction of sp³-hybridized carbons (Fsp3) is 0.786. The van der Waals surface area contributed by atoms with Gasteiger partial charge in [0.05, 0.1) is 12.2 Å². The summed E-state index contributed by atoms with van der Waals surface area (Å²) in [4.78, 5) is 11.9. The number of fused-ring (bicyclic) bond motifs is 2. The number of ether oxygens (including phenoxy) is 2. The summed E-state index contributed by atoms with van der Waals surface area (Å²) in [7, 11) is 0. The molecule has 2 aliphatic heterocycles. The number of nitrogens with one attached hydrogen (secondary N) is 1. The van der Waals surface area contributed by atoms with Crippen LogP contribution in [0, 0.1) is 11.8 Å². The van der Waals surface area contributed by atoms with Crippen molar-refractivity contribution in [2.75, 3.05) is 0 Å². The predicted octanol–water partition coefficient (Wildman–Crippen LogP) is 1.81. The van der Waals surface area contributed by atoms with Crippen LogP contribution in [0.25, 0.3) is 0 Å². The van der Waals surface area contributed by atoms with Crippen molar-refractivity contribution in [1.82, 2.24) is 5.32 Å². The van der Waals surface area contributed by atoms with Crippen LogP contribution in [0.4, 0.5) is 4.79 Å². The lowest BCUT2D eigenvalue weighted by Gasteiger charge is -2.45. The summed E-state index contributed by atoms with van der Waals surface area (Å²) in [6.07, 6.45) is 2.49. The molecule has 0 aromatic rings. The largest absolute Gasteiger partial charge is 0.444 e. The third-order valence-electron chi connectivity index (χ3n) is 3.81. The Morgan fingerprint density at radius 2 is 2.05 bits per heavy atom. The summed E-state index contributed by atoms with van der Waals surface area (Å²) in [5.74, 6) is -0.215. The highest BCUT2D eigenvalue weighted by Gasteiger charge is 2.53. The van der Waals surface area contributed by atoms with Crippen molar-refractivity contribution in [3.63, 3.8) is 0 Å². The van der Waals surface area contributed by atoms with Crippen LogP contribution in [-0.4, -0.2) is 34.7 Å². The average Bonchev–Trinajstić information content (AvgIpc) is 2.64. The van der Waals surface area contributed by atoms with Crippen molar-refractivity contribution in [3.05, 3.63) is 12.2 Å². The summed E-state index contributed by atoms with van der Waals surface area (Å²) < 4.78 is 11.1. The number of aliphatic hydroxyl groups excluding tert-OH is 1. The molecule has 1 saturated heterocycles. The lowest BCUT2D eigenvalue weighted by Crippen LogP contribution is -2.61. The van der Waals surface area contributed by atoms with E-state index >= 15 is 0 Å². The molecule has 5 nitrogen and oxygen atoms in total. The summed E-state index contributed by atoms with van der Waals surface area (Å²) in [6, 6.07) is 0. The molecular weight excluding hydrogens is 246 g/mol. The first-order valence-electron chi connectivity index (χ1n) is 6.71. The van der Waals surface area contributed by atoms with E-state index in [0.29, 0.717) is 0 Å². The number of alkyl carbamates (subject to hydrolysis) is 1. The number of carbonyl (C=O) groups excluding carboxylic acids is 1. The van der Waals surface area contributed by atoms with E-state index in [2.05, 4.69) is 5.32 Å². The van der Waals surface area contributed by atoms with E-state index in [1.165, 1.54) is 0 Å². The van der Waals surface area contributed by atoms with Gasteiger partial charge in [0.2, 0.25) is 0 Å². The van der Waals surface area contributed by atoms with E-state index in [-0.39, 0.29) is 17.9 Å². The highest BCUT2D eigenvalue weighted by molar-refractivity contribution is 5.69. The molecule has 0 unspecified atom stereocenters. The van der Waals surface area contributed by atoms with Gasteiger partial charge in [-0.05, 0) is 26.8 Å². The number of rotatable bonds is 1. The molecule has 0 aliphatic carbocycles. The van der Waals surface area contributed by atoms with E-state index in [1.807, 2.05) is 26.0 Å². The highest BCUT2D eigenvalue weighted by Crippen LogP contribution is 2.41. The van der Waals surface area contributed by atoms with Gasteiger partial charge in [0, 0.05) is 11.8 Å². The Morgan fingerprint density at radius 1 is 1.42 bits per heavy atom. The Labute approximate surface area is 114 Å². The second-order valence-electron chi connectivity index (χ2n) is 6.50. The molecule has 2 N–H and O–H groups in total. The Bertz CT molecular complexity index is 401. The molecule has 5 heteroatoms. The topological polar surface area (TPSA) is 67.8 Å². The zero-order valence-corrected chi connectivity index (χ0v) is 12.1. The van der Waals surface area contributed by atoms with Gasteiger partial charge < -0.3 is 14.6 Å². The van der Waals surface area contributed by atoms with E-state index in [0.717, 1.165) is 0 Å². The molecule has 0 aromatic carbocycles. The predicted molar refractivity (Wildman–Crippen MR) is 70.4 cm³/mol. The van der Waals surface area contributed by atoms with Gasteiger partial charge in [0.15, 0.2) is 5.72 Å². The quantitative estimate of drug-likeness (QED) is 0.712. The van der Waals surface area contributed by atoms with Gasteiger partial charge in [-0.1, -0.05) is 19.9 Å². The molecule has 2 bridgehead atoms. The standard InChI is InChI=1S/C14H23NO4/c1-8-10-6-7-14(18-10,9(2)11(8)16)15-12(17)19-13(3,4)5/h6-11,16H,1-5H3,(H,15,17)/t8-,9+,10-,11+,14+/m1/s1. The summed E-state index contributed by atoms with van der Waals surface area (Å²) >= 11 is 0. The third-order valence-corrected chi connectivity index (χ3v) is 3.81. The summed E-state index contributed by atoms with van der Waals surface area (Å²) in [5.41, 5.74) is -1.52. The van der Waals surface area contributed by atoms with Crippen LogP contribution in [0.5, 0.6) is 0 Å². The van der Waals surface area contributed by atoms with Crippen molar-refractivity contribution in [2.45, 2.75) is 58.2 Å². The van der Waals surface area contributed by atoms with Gasteiger partial charge in [0.25, 0.3) is 0 Å². The molecular formula is C14H23NO4. The molecule has 0 saturated carbocycles. The van der Waals surface area contributed by atoms with E-state index in [9.17, 15) is 9.90 Å². The van der Waals surface area contributed by atoms with Crippen LogP contribution in [0.2, 0.25) is 0 Å². The van der Waals surface area contributed by atoms with Gasteiger partial charge in [-0.2, -0.15) is 0 Å². The molecule has 108 valence electrons. The minimum Gasteiger partial charge on any atom is -0.444 e. The molecule has 2 heterocycles. The van der Waals surface area contributed by atoms with Crippen LogP contribution in [0.1, 0.15) is 34.6 Å². The van der Waals surface area contributed by atoms with Gasteiger partial charge in [-0.15, -0.1) is 0 Å². The molecule has 1 amide bonds. The molecule has 0 radical (unpaired) electrons. The maximum absolute atomic E-state index is 11.9. The number of hydrogen-bond acceptors (Lipinski definition) is 4. The molecule has 2 aliphatic rings. The number of amides is 1. The third kappa shape index (κ3) is 2.62. The van der Waals surface area contributed by atoms with Gasteiger partial charge in [-0.25, -0.2) is 4.79 Å². The van der Waals surface area contributed by atoms with Gasteiger partial charge in [-0.3, -0.25) is 5.32 Å². The minimum atomic E-state index is -0.959. The lowest BCUT2D eigenvalue weighted by atomic mass is 9.83. The Balaban J connectivity index is 2.11. The van der Waals surface area contributed by atoms with Gasteiger partial charge >= 0.3 is 6.09 Å². The normalized spacial score (nSPS) is 41.2. The van der Waals surface area contributed by atoms with E-state index in [1.54, 1.807) is 20.8 Å². The van der Waals surface area contributed by atoms with Crippen molar-refractivity contribution in [2.24, 2.45) is 11.8 Å². The smallest absolute Gasteiger partial charge is 0.410 e. The monoisotopic (exact) mass is 269 g/mol. The fourth-order valence-corrected chi connectivity index (χ4v) is 2.63. The van der Waals surface area contributed by atoms with Crippen LogP contribution < -0.4 is 5.32 Å². The maximum atomic E-state index is 11.9. The number of hydrogen-bond donors (Lipinski definition) is 2. The van der Waals surface area contributed by atoms with E-state index in [4.69, 9.17) is 9.47 Å². The molecule has 5 atom stereocenters. The second kappa shape index (κ2) is 4.49. The SMILES string of the molecule is C[C@H]1[C@H](O)[C@H](C)[C@]2(NC(=O)OC(C)(C)C)C=C[C@H]1O2. The van der Waals surface area contributed by atoms with Crippen LogP contribution >= 0.6 is 0 Å². The molecule has 0 aromatic heterocycles. The Morgan fingerprint density at radius 3 is 2.63 bits per heavy atom. The van der Waals surface area contributed by atoms with Crippen LogP contribution in [-0.2, 0) is 9.47 Å². The Kier molecular flexibility index (Phi) is 3.39. The first-order chi connectivity index (χ1) is 8.65. The summed E-state index contributed by atoms with van der Waals surface area (Å²) in [5, 5.41) is 13.0. The lowest BCUT2D eigenvalue weighted by molar-refractivity contribution is -0.182. The molecule has 19 heavy (non-hydrogen) atoms.